The third-order valence-electron chi connectivity index (χ3n) is 5.21. The van der Waals surface area contributed by atoms with Crippen LogP contribution in [-0.4, -0.2) is 41.3 Å². The van der Waals surface area contributed by atoms with Crippen molar-refractivity contribution in [3.63, 3.8) is 0 Å². The largest absolute Gasteiger partial charge is 0.487 e. The molecule has 0 radical (unpaired) electrons. The Labute approximate surface area is 198 Å². The van der Waals surface area contributed by atoms with E-state index in [0.717, 1.165) is 11.6 Å². The van der Waals surface area contributed by atoms with Gasteiger partial charge in [-0.3, -0.25) is 0 Å². The van der Waals surface area contributed by atoms with Crippen LogP contribution >= 0.6 is 11.6 Å². The van der Waals surface area contributed by atoms with Crippen molar-refractivity contribution in [2.45, 2.75) is 64.9 Å². The minimum atomic E-state index is -0.799. The number of carbonyl (C=O) groups is 2. The third kappa shape index (κ3) is 6.84. The topological polar surface area (TPSA) is 65.1 Å². The maximum atomic E-state index is 14.6. The number of ether oxygens (including phenoxy) is 3. The van der Waals surface area contributed by atoms with E-state index in [-0.39, 0.29) is 35.5 Å². The lowest BCUT2D eigenvalue weighted by atomic mass is 10.0. The van der Waals surface area contributed by atoms with Gasteiger partial charge < -0.3 is 19.1 Å². The summed E-state index contributed by atoms with van der Waals surface area (Å²) >= 11 is 6.28. The highest BCUT2D eigenvalue weighted by atomic mass is 35.5. The average Bonchev–Trinajstić information content (AvgIpc) is 2.75. The zero-order chi connectivity index (χ0) is 24.2. The monoisotopic (exact) mass is 477 g/mol. The number of esters is 1. The number of hydrogen-bond acceptors (Lipinski definition) is 5. The normalized spacial score (nSPS) is 18.5. The Morgan fingerprint density at radius 3 is 2.52 bits per heavy atom. The van der Waals surface area contributed by atoms with Crippen LogP contribution in [0, 0.1) is 5.82 Å². The van der Waals surface area contributed by atoms with Gasteiger partial charge in [0.15, 0.2) is 0 Å². The zero-order valence-corrected chi connectivity index (χ0v) is 20.0. The molecule has 1 aliphatic heterocycles. The second-order valence-electron chi connectivity index (χ2n) is 9.12. The Morgan fingerprint density at radius 1 is 1.15 bits per heavy atom. The van der Waals surface area contributed by atoms with Crippen LogP contribution in [0.15, 0.2) is 42.5 Å². The van der Waals surface area contributed by atoms with Crippen molar-refractivity contribution < 1.29 is 28.2 Å². The molecule has 0 N–H and O–H groups in total. The lowest BCUT2D eigenvalue weighted by Crippen LogP contribution is -2.49. The van der Waals surface area contributed by atoms with Gasteiger partial charge in [-0.15, -0.1) is 0 Å². The number of piperidine rings is 1. The van der Waals surface area contributed by atoms with Gasteiger partial charge in [-0.05, 0) is 52.2 Å². The van der Waals surface area contributed by atoms with Crippen LogP contribution in [0.3, 0.4) is 0 Å². The van der Waals surface area contributed by atoms with Crippen LogP contribution in [0.2, 0.25) is 5.02 Å². The lowest BCUT2D eigenvalue weighted by molar-refractivity contribution is 0.00640. The summed E-state index contributed by atoms with van der Waals surface area (Å²) in [6.07, 6.45) is 0.531. The fourth-order valence-electron chi connectivity index (χ4n) is 3.51. The fourth-order valence-corrected chi connectivity index (χ4v) is 3.72. The SMILES string of the molecule is C[C@H]1CC[C@@H](Oc2cc(F)c(C(=O)OC(C)(C)C)cc2Cl)CN1C(=O)OCc1ccccc1. The van der Waals surface area contributed by atoms with Gasteiger partial charge in [0.05, 0.1) is 17.1 Å². The molecule has 0 spiro atoms. The number of halogens is 2. The van der Waals surface area contributed by atoms with Crippen molar-refractivity contribution in [3.8, 4) is 5.75 Å². The highest BCUT2D eigenvalue weighted by Crippen LogP contribution is 2.32. The van der Waals surface area contributed by atoms with Crippen LogP contribution in [0.5, 0.6) is 5.75 Å². The predicted molar refractivity (Wildman–Crippen MR) is 123 cm³/mol. The summed E-state index contributed by atoms with van der Waals surface area (Å²) in [6, 6.07) is 11.7. The van der Waals surface area contributed by atoms with E-state index in [1.54, 1.807) is 25.7 Å². The van der Waals surface area contributed by atoms with Crippen LogP contribution in [0.25, 0.3) is 0 Å². The van der Waals surface area contributed by atoms with Gasteiger partial charge in [-0.2, -0.15) is 0 Å². The Bertz CT molecular complexity index is 992. The number of carbonyl (C=O) groups excluding carboxylic acids is 2. The Kier molecular flexibility index (Phi) is 7.84. The van der Waals surface area contributed by atoms with E-state index in [9.17, 15) is 14.0 Å². The first-order valence-corrected chi connectivity index (χ1v) is 11.3. The highest BCUT2D eigenvalue weighted by molar-refractivity contribution is 6.32. The maximum absolute atomic E-state index is 14.6. The third-order valence-corrected chi connectivity index (χ3v) is 5.51. The first-order chi connectivity index (χ1) is 15.5. The maximum Gasteiger partial charge on any atom is 0.410 e. The summed E-state index contributed by atoms with van der Waals surface area (Å²) < 4.78 is 31.2. The van der Waals surface area contributed by atoms with Crippen LogP contribution in [-0.2, 0) is 16.1 Å². The molecule has 0 aromatic heterocycles. The summed E-state index contributed by atoms with van der Waals surface area (Å²) in [6.45, 7) is 7.49. The molecule has 1 heterocycles. The number of likely N-dealkylation sites (tertiary alicyclic amines) is 1. The summed E-state index contributed by atoms with van der Waals surface area (Å²) in [5.41, 5.74) is -0.121. The van der Waals surface area contributed by atoms with Gasteiger partial charge in [0.25, 0.3) is 0 Å². The van der Waals surface area contributed by atoms with E-state index < -0.39 is 29.6 Å². The number of amides is 1. The van der Waals surface area contributed by atoms with Crippen molar-refractivity contribution in [1.29, 1.82) is 0 Å². The van der Waals surface area contributed by atoms with Crippen LogP contribution in [0.1, 0.15) is 56.5 Å². The molecule has 2 aromatic carbocycles. The first kappa shape index (κ1) is 24.8. The molecule has 2 atom stereocenters. The van der Waals surface area contributed by atoms with Gasteiger partial charge in [0.2, 0.25) is 0 Å². The predicted octanol–water partition coefficient (Wildman–Crippen LogP) is 6.00. The van der Waals surface area contributed by atoms with Crippen molar-refractivity contribution in [2.24, 2.45) is 0 Å². The van der Waals surface area contributed by atoms with Crippen molar-refractivity contribution >= 4 is 23.7 Å². The molecule has 6 nitrogen and oxygen atoms in total. The molecule has 0 unspecified atom stereocenters. The number of rotatable bonds is 5. The van der Waals surface area contributed by atoms with Gasteiger partial charge >= 0.3 is 12.1 Å². The average molecular weight is 478 g/mol. The zero-order valence-electron chi connectivity index (χ0n) is 19.3. The van der Waals surface area contributed by atoms with E-state index in [1.165, 1.54) is 6.07 Å². The fraction of sp³-hybridized carbons (Fsp3) is 0.440. The minimum Gasteiger partial charge on any atom is -0.487 e. The standard InChI is InChI=1S/C25H29ClFNO5/c1-16-10-11-18(14-28(16)24(30)31-15-17-8-6-5-7-9-17)32-22-13-21(27)19(12-20(22)26)23(29)33-25(2,3)4/h5-9,12-13,16,18H,10-11,14-15H2,1-4H3/t16-,18+/m0/s1. The molecule has 1 fully saturated rings. The number of benzene rings is 2. The second kappa shape index (κ2) is 10.4. The summed E-state index contributed by atoms with van der Waals surface area (Å²) in [5, 5.41) is 0.0917. The molecule has 2 aromatic rings. The van der Waals surface area contributed by atoms with Crippen molar-refractivity contribution in [2.75, 3.05) is 6.54 Å². The van der Waals surface area contributed by atoms with Gasteiger partial charge in [0.1, 0.15) is 29.9 Å². The van der Waals surface area contributed by atoms with E-state index >= 15 is 0 Å². The Hall–Kier alpha value is -2.80. The molecule has 1 saturated heterocycles. The Morgan fingerprint density at radius 2 is 1.85 bits per heavy atom. The lowest BCUT2D eigenvalue weighted by Gasteiger charge is -2.37. The van der Waals surface area contributed by atoms with Crippen molar-refractivity contribution in [1.82, 2.24) is 4.90 Å². The number of hydrogen-bond donors (Lipinski definition) is 0. The quantitative estimate of drug-likeness (QED) is 0.494. The smallest absolute Gasteiger partial charge is 0.410 e. The molecule has 0 bridgehead atoms. The van der Waals surface area contributed by atoms with E-state index in [4.69, 9.17) is 25.8 Å². The molecule has 0 saturated carbocycles. The minimum absolute atomic E-state index is 0.0186. The van der Waals surface area contributed by atoms with Crippen LogP contribution in [0.4, 0.5) is 9.18 Å². The highest BCUT2D eigenvalue weighted by Gasteiger charge is 2.32. The number of nitrogens with zero attached hydrogens (tertiary/aromatic N) is 1. The molecule has 0 aliphatic carbocycles. The first-order valence-electron chi connectivity index (χ1n) is 10.9. The van der Waals surface area contributed by atoms with E-state index in [2.05, 4.69) is 0 Å². The van der Waals surface area contributed by atoms with Gasteiger partial charge in [-0.1, -0.05) is 41.9 Å². The molecule has 33 heavy (non-hydrogen) atoms. The molecular formula is C25H29ClFNO5. The molecule has 8 heteroatoms. The molecule has 1 aliphatic rings. The van der Waals surface area contributed by atoms with Gasteiger partial charge in [-0.25, -0.2) is 14.0 Å². The van der Waals surface area contributed by atoms with Gasteiger partial charge in [0, 0.05) is 12.1 Å². The Balaban J connectivity index is 1.65. The second-order valence-corrected chi connectivity index (χ2v) is 9.53. The molecule has 1 amide bonds. The van der Waals surface area contributed by atoms with E-state index in [0.29, 0.717) is 12.8 Å². The van der Waals surface area contributed by atoms with E-state index in [1.807, 2.05) is 37.3 Å². The molecular weight excluding hydrogens is 449 g/mol. The van der Waals surface area contributed by atoms with Crippen LogP contribution < -0.4 is 4.74 Å². The molecule has 3 rings (SSSR count). The summed E-state index contributed by atoms with van der Waals surface area (Å²) in [7, 11) is 0. The van der Waals surface area contributed by atoms with Crippen molar-refractivity contribution in [3.05, 3.63) is 64.4 Å². The summed E-state index contributed by atoms with van der Waals surface area (Å²) in [4.78, 5) is 26.5. The molecule has 178 valence electrons. The summed E-state index contributed by atoms with van der Waals surface area (Å²) in [5.74, 6) is -1.47.